The molecule has 1 rings (SSSR count). The number of carbonyl (C=O) groups is 1. The monoisotopic (exact) mass is 325 g/mol. The summed E-state index contributed by atoms with van der Waals surface area (Å²) in [7, 11) is 0. The number of nitriles is 1. The van der Waals surface area contributed by atoms with E-state index >= 15 is 0 Å². The third kappa shape index (κ3) is 10.1. The second-order valence-corrected chi connectivity index (χ2v) is 6.13. The van der Waals surface area contributed by atoms with Crippen LogP contribution in [-0.2, 0) is 4.79 Å². The molecular formula is C16H23NO2S2. The summed E-state index contributed by atoms with van der Waals surface area (Å²) < 4.78 is 0.403. The SMILES string of the molecule is CC.CCCC(C)(C#N)SC(=S)c1ccccc1.O=CO. The maximum atomic E-state index is 9.18. The summed E-state index contributed by atoms with van der Waals surface area (Å²) in [5.74, 6) is 0. The van der Waals surface area contributed by atoms with Gasteiger partial charge in [-0.15, -0.1) is 0 Å². The van der Waals surface area contributed by atoms with E-state index < -0.39 is 4.75 Å². The lowest BCUT2D eigenvalue weighted by Crippen LogP contribution is -2.19. The highest BCUT2D eigenvalue weighted by atomic mass is 32.2. The van der Waals surface area contributed by atoms with E-state index in [2.05, 4.69) is 13.0 Å². The molecule has 0 bridgehead atoms. The fraction of sp³-hybridized carbons (Fsp3) is 0.438. The van der Waals surface area contributed by atoms with Crippen molar-refractivity contribution >= 4 is 34.6 Å². The van der Waals surface area contributed by atoms with Crippen LogP contribution in [0.2, 0.25) is 0 Å². The lowest BCUT2D eigenvalue weighted by Gasteiger charge is -2.20. The van der Waals surface area contributed by atoms with Gasteiger partial charge in [-0.3, -0.25) is 4.79 Å². The van der Waals surface area contributed by atoms with Gasteiger partial charge in [-0.2, -0.15) is 5.26 Å². The molecule has 21 heavy (non-hydrogen) atoms. The fourth-order valence-electron chi connectivity index (χ4n) is 1.44. The number of hydrogen-bond acceptors (Lipinski definition) is 4. The van der Waals surface area contributed by atoms with Crippen LogP contribution in [0.4, 0.5) is 0 Å². The highest BCUT2D eigenvalue weighted by molar-refractivity contribution is 8.24. The van der Waals surface area contributed by atoms with Gasteiger partial charge in [0.15, 0.2) is 0 Å². The van der Waals surface area contributed by atoms with Gasteiger partial charge in [-0.05, 0) is 18.9 Å². The van der Waals surface area contributed by atoms with Gasteiger partial charge in [0.05, 0.1) is 10.3 Å². The average molecular weight is 325 g/mol. The molecule has 0 aliphatic carbocycles. The average Bonchev–Trinajstić information content (AvgIpc) is 2.51. The fourth-order valence-corrected chi connectivity index (χ4v) is 3.15. The van der Waals surface area contributed by atoms with Gasteiger partial charge in [0, 0.05) is 0 Å². The number of rotatable bonds is 4. The second kappa shape index (κ2) is 13.6. The van der Waals surface area contributed by atoms with Crippen LogP contribution in [-0.4, -0.2) is 20.5 Å². The van der Waals surface area contributed by atoms with E-state index in [4.69, 9.17) is 22.1 Å². The highest BCUT2D eigenvalue weighted by Gasteiger charge is 2.25. The van der Waals surface area contributed by atoms with Crippen molar-refractivity contribution in [2.75, 3.05) is 0 Å². The summed E-state index contributed by atoms with van der Waals surface area (Å²) in [6.07, 6.45) is 1.86. The van der Waals surface area contributed by atoms with E-state index in [1.807, 2.05) is 51.1 Å². The number of hydrogen-bond donors (Lipinski definition) is 1. The van der Waals surface area contributed by atoms with E-state index in [9.17, 15) is 5.26 Å². The summed E-state index contributed by atoms with van der Waals surface area (Å²) >= 11 is 6.86. The smallest absolute Gasteiger partial charge is 0.290 e. The number of thioether (sulfide) groups is 1. The Labute approximate surface area is 137 Å². The molecule has 0 aromatic heterocycles. The quantitative estimate of drug-likeness (QED) is 0.630. The van der Waals surface area contributed by atoms with Crippen LogP contribution in [0.5, 0.6) is 0 Å². The van der Waals surface area contributed by atoms with Gasteiger partial charge in [0.25, 0.3) is 6.47 Å². The molecule has 1 aromatic rings. The van der Waals surface area contributed by atoms with Crippen LogP contribution < -0.4 is 0 Å². The van der Waals surface area contributed by atoms with Crippen LogP contribution in [0, 0.1) is 11.3 Å². The number of benzene rings is 1. The van der Waals surface area contributed by atoms with Crippen LogP contribution >= 0.6 is 24.0 Å². The molecule has 116 valence electrons. The van der Waals surface area contributed by atoms with Crippen molar-refractivity contribution in [1.82, 2.24) is 0 Å². The Bertz CT molecular complexity index is 443. The van der Waals surface area contributed by atoms with Crippen LogP contribution in [0.3, 0.4) is 0 Å². The molecule has 3 nitrogen and oxygen atoms in total. The summed E-state index contributed by atoms with van der Waals surface area (Å²) in [5, 5.41) is 16.1. The Hall–Kier alpha value is -1.38. The number of carboxylic acid groups (broad SMARTS) is 1. The van der Waals surface area contributed by atoms with Crippen molar-refractivity contribution in [3.63, 3.8) is 0 Å². The first kappa shape index (κ1) is 21.9. The molecule has 1 atom stereocenters. The summed E-state index contributed by atoms with van der Waals surface area (Å²) in [6.45, 7) is 7.79. The third-order valence-electron chi connectivity index (χ3n) is 2.29. The van der Waals surface area contributed by atoms with Crippen molar-refractivity contribution < 1.29 is 9.90 Å². The lowest BCUT2D eigenvalue weighted by atomic mass is 10.1. The molecule has 0 saturated carbocycles. The van der Waals surface area contributed by atoms with Crippen molar-refractivity contribution in [1.29, 1.82) is 5.26 Å². The molecule has 0 heterocycles. The van der Waals surface area contributed by atoms with Crippen molar-refractivity contribution in [3.05, 3.63) is 35.9 Å². The molecule has 0 radical (unpaired) electrons. The first-order valence-corrected chi connectivity index (χ1v) is 8.03. The Balaban J connectivity index is 0. The molecule has 0 aliphatic rings. The zero-order valence-corrected chi connectivity index (χ0v) is 14.6. The molecule has 1 unspecified atom stereocenters. The molecule has 0 aliphatic heterocycles. The first-order chi connectivity index (χ1) is 10.0. The zero-order valence-electron chi connectivity index (χ0n) is 13.0. The van der Waals surface area contributed by atoms with Gasteiger partial charge in [-0.1, -0.05) is 81.5 Å². The molecular weight excluding hydrogens is 302 g/mol. The molecule has 0 fully saturated rings. The van der Waals surface area contributed by atoms with E-state index in [-0.39, 0.29) is 6.47 Å². The topological polar surface area (TPSA) is 61.1 Å². The van der Waals surface area contributed by atoms with Gasteiger partial charge in [0.1, 0.15) is 4.75 Å². The maximum Gasteiger partial charge on any atom is 0.290 e. The van der Waals surface area contributed by atoms with Crippen LogP contribution in [0.25, 0.3) is 0 Å². The lowest BCUT2D eigenvalue weighted by molar-refractivity contribution is -0.122. The van der Waals surface area contributed by atoms with Crippen molar-refractivity contribution in [3.8, 4) is 6.07 Å². The first-order valence-electron chi connectivity index (χ1n) is 6.80. The Kier molecular flexibility index (Phi) is 14.2. The highest BCUT2D eigenvalue weighted by Crippen LogP contribution is 2.32. The predicted molar refractivity (Wildman–Crippen MR) is 94.7 cm³/mol. The maximum absolute atomic E-state index is 9.18. The minimum absolute atomic E-state index is 0.250. The van der Waals surface area contributed by atoms with E-state index in [0.29, 0.717) is 0 Å². The summed E-state index contributed by atoms with van der Waals surface area (Å²) in [4.78, 5) is 8.36. The Morgan fingerprint density at radius 1 is 1.43 bits per heavy atom. The predicted octanol–water partition coefficient (Wildman–Crippen LogP) is 4.90. The van der Waals surface area contributed by atoms with Crippen LogP contribution in [0.1, 0.15) is 46.1 Å². The summed E-state index contributed by atoms with van der Waals surface area (Å²) in [6, 6.07) is 12.2. The molecule has 0 spiro atoms. The van der Waals surface area contributed by atoms with Gasteiger partial charge in [0.2, 0.25) is 0 Å². The number of thiocarbonyl (C=S) groups is 1. The molecule has 0 amide bonds. The molecule has 5 heteroatoms. The van der Waals surface area contributed by atoms with Crippen molar-refractivity contribution in [2.45, 2.75) is 45.3 Å². The Morgan fingerprint density at radius 2 is 1.90 bits per heavy atom. The number of nitrogens with zero attached hydrogens (tertiary/aromatic N) is 1. The normalized spacial score (nSPS) is 11.4. The van der Waals surface area contributed by atoms with Gasteiger partial charge in [-0.25, -0.2) is 0 Å². The largest absolute Gasteiger partial charge is 0.483 e. The molecule has 1 aromatic carbocycles. The van der Waals surface area contributed by atoms with E-state index in [0.717, 1.165) is 22.6 Å². The van der Waals surface area contributed by atoms with Crippen LogP contribution in [0.15, 0.2) is 30.3 Å². The second-order valence-electron chi connectivity index (χ2n) is 3.95. The minimum atomic E-state index is -0.401. The molecule has 0 saturated heterocycles. The standard InChI is InChI=1S/C13H15NS2.C2H6.CH2O2/c1-3-9-13(2,10-14)16-12(15)11-7-5-4-6-8-11;1-2;2-1-3/h4-8H,3,9H2,1-2H3;1-2H3;1H,(H,2,3). The third-order valence-corrected chi connectivity index (χ3v) is 3.94. The Morgan fingerprint density at radius 3 is 2.29 bits per heavy atom. The van der Waals surface area contributed by atoms with E-state index in [1.54, 1.807) is 0 Å². The minimum Gasteiger partial charge on any atom is -0.483 e. The zero-order chi connectivity index (χ0) is 16.7. The summed E-state index contributed by atoms with van der Waals surface area (Å²) in [5.41, 5.74) is 1.03. The van der Waals surface area contributed by atoms with E-state index in [1.165, 1.54) is 11.8 Å². The van der Waals surface area contributed by atoms with Gasteiger partial charge >= 0.3 is 0 Å². The van der Waals surface area contributed by atoms with Crippen molar-refractivity contribution in [2.24, 2.45) is 0 Å². The molecule has 1 N–H and O–H groups in total. The van der Waals surface area contributed by atoms with Gasteiger partial charge < -0.3 is 5.11 Å².